The van der Waals surface area contributed by atoms with E-state index in [0.717, 1.165) is 5.92 Å². The van der Waals surface area contributed by atoms with Crippen molar-refractivity contribution in [3.05, 3.63) is 35.4 Å². The molecule has 1 aromatic rings. The van der Waals surface area contributed by atoms with Gasteiger partial charge in [0.15, 0.2) is 0 Å². The molecule has 0 atom stereocenters. The Bertz CT molecular complexity index is 386. The van der Waals surface area contributed by atoms with Gasteiger partial charge in [-0.05, 0) is 54.7 Å². The Hall–Kier alpha value is -0.630. The third-order valence-corrected chi connectivity index (χ3v) is 4.47. The first-order valence-corrected chi connectivity index (χ1v) is 7.55. The fourth-order valence-electron chi connectivity index (χ4n) is 3.14. The number of alkyl halides is 3. The molecular formula is C16H21ClF2. The lowest BCUT2D eigenvalue weighted by atomic mass is 9.77. The van der Waals surface area contributed by atoms with E-state index in [9.17, 15) is 8.78 Å². The molecule has 0 nitrogen and oxygen atoms in total. The van der Waals surface area contributed by atoms with Crippen LogP contribution in [-0.4, -0.2) is 0 Å². The highest BCUT2D eigenvalue weighted by atomic mass is 35.5. The maximum Gasteiger partial charge on any atom is 0.348 e. The number of hydrogen-bond donors (Lipinski definition) is 0. The lowest BCUT2D eigenvalue weighted by Crippen LogP contribution is -2.13. The number of benzene rings is 1. The Morgan fingerprint density at radius 2 is 1.68 bits per heavy atom. The lowest BCUT2D eigenvalue weighted by Gasteiger charge is -2.28. The van der Waals surface area contributed by atoms with E-state index in [2.05, 4.69) is 6.92 Å². The minimum absolute atomic E-state index is 0.113. The molecule has 2 rings (SSSR count). The summed E-state index contributed by atoms with van der Waals surface area (Å²) in [4.78, 5) is 0. The Morgan fingerprint density at radius 3 is 2.16 bits per heavy atom. The summed E-state index contributed by atoms with van der Waals surface area (Å²) in [6, 6.07) is 6.55. The van der Waals surface area contributed by atoms with Crippen molar-refractivity contribution in [1.82, 2.24) is 0 Å². The molecule has 0 N–H and O–H groups in total. The molecule has 0 heterocycles. The molecule has 0 aromatic heterocycles. The Kier molecular flexibility index (Phi) is 4.83. The van der Waals surface area contributed by atoms with Gasteiger partial charge in [0.2, 0.25) is 0 Å². The maximum absolute atomic E-state index is 12.9. The van der Waals surface area contributed by atoms with E-state index in [-0.39, 0.29) is 5.56 Å². The smallest absolute Gasteiger partial charge is 0.183 e. The summed E-state index contributed by atoms with van der Waals surface area (Å²) in [5.41, 5.74) is 1.07. The predicted molar refractivity (Wildman–Crippen MR) is 75.8 cm³/mol. The van der Waals surface area contributed by atoms with Crippen LogP contribution in [0.5, 0.6) is 0 Å². The topological polar surface area (TPSA) is 0 Å². The van der Waals surface area contributed by atoms with Crippen molar-refractivity contribution in [2.75, 3.05) is 0 Å². The normalized spacial score (nSPS) is 24.4. The van der Waals surface area contributed by atoms with Gasteiger partial charge in [-0.3, -0.25) is 0 Å². The Morgan fingerprint density at radius 1 is 1.11 bits per heavy atom. The molecule has 1 aliphatic rings. The van der Waals surface area contributed by atoms with Crippen molar-refractivity contribution in [2.24, 2.45) is 5.92 Å². The average molecular weight is 287 g/mol. The molecule has 19 heavy (non-hydrogen) atoms. The van der Waals surface area contributed by atoms with Crippen molar-refractivity contribution in [1.29, 1.82) is 0 Å². The largest absolute Gasteiger partial charge is 0.348 e. The zero-order valence-corrected chi connectivity index (χ0v) is 12.1. The molecule has 0 radical (unpaired) electrons. The van der Waals surface area contributed by atoms with Crippen LogP contribution in [0.25, 0.3) is 0 Å². The third kappa shape index (κ3) is 3.92. The summed E-state index contributed by atoms with van der Waals surface area (Å²) >= 11 is 5.02. The molecule has 106 valence electrons. The second-order valence-corrected chi connectivity index (χ2v) is 6.10. The van der Waals surface area contributed by atoms with Crippen LogP contribution in [-0.2, 0) is 5.38 Å². The van der Waals surface area contributed by atoms with E-state index in [1.165, 1.54) is 56.2 Å². The van der Waals surface area contributed by atoms with Crippen LogP contribution in [0.15, 0.2) is 24.3 Å². The van der Waals surface area contributed by atoms with Gasteiger partial charge in [0.25, 0.3) is 0 Å². The Balaban J connectivity index is 1.97. The molecule has 0 saturated heterocycles. The van der Waals surface area contributed by atoms with Crippen molar-refractivity contribution in [3.8, 4) is 0 Å². The SMILES string of the molecule is CCCC1CCC(c2ccc(C(F)(F)Cl)cc2)CC1. The fraction of sp³-hybridized carbons (Fsp3) is 0.625. The summed E-state index contributed by atoms with van der Waals surface area (Å²) in [5, 5.41) is -3.25. The first-order valence-electron chi connectivity index (χ1n) is 7.18. The summed E-state index contributed by atoms with van der Waals surface area (Å²) in [5.74, 6) is 1.40. The minimum Gasteiger partial charge on any atom is -0.183 e. The van der Waals surface area contributed by atoms with E-state index in [1.54, 1.807) is 0 Å². The van der Waals surface area contributed by atoms with E-state index in [4.69, 9.17) is 11.6 Å². The third-order valence-electron chi connectivity index (χ3n) is 4.25. The standard InChI is InChI=1S/C16H21ClF2/c1-2-3-12-4-6-13(7-5-12)14-8-10-15(11-9-14)16(17,18)19/h8-13H,2-7H2,1H3. The van der Waals surface area contributed by atoms with E-state index in [0.29, 0.717) is 5.92 Å². The van der Waals surface area contributed by atoms with Crippen LogP contribution in [0.4, 0.5) is 8.78 Å². The van der Waals surface area contributed by atoms with Crippen LogP contribution >= 0.6 is 11.6 Å². The van der Waals surface area contributed by atoms with Gasteiger partial charge in [0.1, 0.15) is 0 Å². The molecule has 0 unspecified atom stereocenters. The van der Waals surface area contributed by atoms with E-state index in [1.807, 2.05) is 12.1 Å². The highest BCUT2D eigenvalue weighted by Gasteiger charge is 2.28. The van der Waals surface area contributed by atoms with Crippen molar-refractivity contribution in [3.63, 3.8) is 0 Å². The summed E-state index contributed by atoms with van der Waals surface area (Å²) in [6.07, 6.45) is 7.49. The molecule has 1 saturated carbocycles. The highest BCUT2D eigenvalue weighted by Crippen LogP contribution is 2.39. The number of rotatable bonds is 4. The number of halogens is 3. The van der Waals surface area contributed by atoms with Crippen LogP contribution in [0, 0.1) is 5.92 Å². The molecule has 0 spiro atoms. The lowest BCUT2D eigenvalue weighted by molar-refractivity contribution is 0.0951. The number of hydrogen-bond acceptors (Lipinski definition) is 0. The summed E-state index contributed by atoms with van der Waals surface area (Å²) < 4.78 is 25.9. The van der Waals surface area contributed by atoms with E-state index >= 15 is 0 Å². The molecule has 1 aliphatic carbocycles. The molecule has 3 heteroatoms. The van der Waals surface area contributed by atoms with E-state index < -0.39 is 5.38 Å². The zero-order chi connectivity index (χ0) is 13.9. The fourth-order valence-corrected chi connectivity index (χ4v) is 3.26. The molecular weight excluding hydrogens is 266 g/mol. The van der Waals surface area contributed by atoms with Gasteiger partial charge in [-0.15, -0.1) is 0 Å². The molecule has 0 amide bonds. The van der Waals surface area contributed by atoms with Gasteiger partial charge in [-0.25, -0.2) is 0 Å². The molecule has 1 fully saturated rings. The molecule has 0 bridgehead atoms. The Labute approximate surface area is 119 Å². The van der Waals surface area contributed by atoms with Gasteiger partial charge in [0, 0.05) is 5.56 Å². The van der Waals surface area contributed by atoms with Crippen molar-refractivity contribution >= 4 is 11.6 Å². The first-order chi connectivity index (χ1) is 9.00. The van der Waals surface area contributed by atoms with Crippen LogP contribution in [0.1, 0.15) is 62.5 Å². The van der Waals surface area contributed by atoms with Crippen molar-refractivity contribution < 1.29 is 8.78 Å². The van der Waals surface area contributed by atoms with Crippen molar-refractivity contribution in [2.45, 2.75) is 56.7 Å². The summed E-state index contributed by atoms with van der Waals surface area (Å²) in [6.45, 7) is 2.23. The summed E-state index contributed by atoms with van der Waals surface area (Å²) in [7, 11) is 0. The minimum atomic E-state index is -3.25. The average Bonchev–Trinajstić information content (AvgIpc) is 2.39. The quantitative estimate of drug-likeness (QED) is 0.591. The van der Waals surface area contributed by atoms with Crippen LogP contribution in [0.3, 0.4) is 0 Å². The van der Waals surface area contributed by atoms with Gasteiger partial charge in [-0.1, -0.05) is 44.0 Å². The molecule has 1 aromatic carbocycles. The predicted octanol–water partition coefficient (Wildman–Crippen LogP) is 6.05. The highest BCUT2D eigenvalue weighted by molar-refractivity contribution is 6.21. The van der Waals surface area contributed by atoms with Gasteiger partial charge in [-0.2, -0.15) is 8.78 Å². The first kappa shape index (κ1) is 14.8. The zero-order valence-electron chi connectivity index (χ0n) is 11.3. The van der Waals surface area contributed by atoms with Gasteiger partial charge >= 0.3 is 5.38 Å². The molecule has 0 aliphatic heterocycles. The van der Waals surface area contributed by atoms with Crippen LogP contribution in [0.2, 0.25) is 0 Å². The van der Waals surface area contributed by atoms with Gasteiger partial charge < -0.3 is 0 Å². The monoisotopic (exact) mass is 286 g/mol. The second-order valence-electron chi connectivity index (χ2n) is 5.63. The van der Waals surface area contributed by atoms with Gasteiger partial charge in [0.05, 0.1) is 0 Å². The second kappa shape index (κ2) is 6.21. The maximum atomic E-state index is 12.9. The van der Waals surface area contributed by atoms with Crippen LogP contribution < -0.4 is 0 Å².